The first-order valence-corrected chi connectivity index (χ1v) is 38.0. The minimum absolute atomic E-state index is 0.0523. The van der Waals surface area contributed by atoms with Crippen molar-refractivity contribution in [3.63, 3.8) is 0 Å². The lowest BCUT2D eigenvalue weighted by molar-refractivity contribution is 0.632. The molecule has 0 atom stereocenters. The molecule has 4 nitrogen and oxygen atoms in total. The third-order valence-corrected chi connectivity index (χ3v) is 24.0. The number of halogens is 4. The van der Waals surface area contributed by atoms with Gasteiger partial charge < -0.3 is 19.6 Å². The first-order valence-electron chi connectivity index (χ1n) is 36.8. The van der Waals surface area contributed by atoms with E-state index >= 15 is 0 Å². The lowest BCUT2D eigenvalue weighted by atomic mass is 9.37. The second kappa shape index (κ2) is 25.7. The summed E-state index contributed by atoms with van der Waals surface area (Å²) >= 11 is 10.5. The second-order valence-corrected chi connectivity index (χ2v) is 29.7. The Kier molecular flexibility index (Phi) is 15.2. The lowest BCUT2D eigenvalue weighted by Gasteiger charge is -2.35. The van der Waals surface area contributed by atoms with Gasteiger partial charge in [0.2, 0.25) is 20.1 Å². The first kappa shape index (κ1) is 64.0. The maximum Gasteiger partial charge on any atom is 0.252 e. The molecule has 24 rings (SSSR count). The van der Waals surface area contributed by atoms with Crippen LogP contribution >= 0.6 is 27.5 Å². The first-order chi connectivity index (χ1) is 53.4. The fraction of sp³-hybridized carbons (Fsp3) is 0. The topological polar surface area (TPSA) is 13.0 Å². The summed E-state index contributed by atoms with van der Waals surface area (Å²) in [5.41, 5.74) is 38.1. The summed E-state index contributed by atoms with van der Waals surface area (Å²) in [6, 6.07) is 126. The number of para-hydroxylation sites is 8. The second-order valence-electron chi connectivity index (χ2n) is 28.4. The van der Waals surface area contributed by atoms with E-state index in [0.717, 1.165) is 77.8 Å². The van der Waals surface area contributed by atoms with E-state index in [2.05, 4.69) is 345 Å². The quantitative estimate of drug-likeness (QED) is 0.163. The molecular weight excluding hydrogens is 1410 g/mol. The van der Waals surface area contributed by atoms with Gasteiger partial charge in [0.15, 0.2) is 0 Å². The van der Waals surface area contributed by atoms with E-state index in [9.17, 15) is 8.78 Å². The Morgan fingerprint density at radius 2 is 0.481 bits per heavy atom. The molecule has 0 N–H and O–H groups in total. The summed E-state index contributed by atoms with van der Waals surface area (Å²) < 4.78 is 31.0. The van der Waals surface area contributed by atoms with Crippen LogP contribution in [0.25, 0.3) is 44.5 Å². The molecule has 0 aromatic heterocycles. The highest BCUT2D eigenvalue weighted by Crippen LogP contribution is 2.46. The molecule has 8 aliphatic heterocycles. The summed E-state index contributed by atoms with van der Waals surface area (Å²) in [7, 11) is 0. The van der Waals surface area contributed by atoms with E-state index in [4.69, 9.17) is 11.6 Å². The number of anilines is 12. The van der Waals surface area contributed by atoms with E-state index in [0.29, 0.717) is 0 Å². The molecule has 12 heteroatoms. The predicted octanol–water partition coefficient (Wildman–Crippen LogP) is 17.6. The smallest absolute Gasteiger partial charge is 0.252 e. The Morgan fingerprint density at radius 3 is 0.907 bits per heavy atom. The molecule has 16 aromatic rings. The average molecular weight is 1470 g/mol. The van der Waals surface area contributed by atoms with Crippen molar-refractivity contribution in [2.45, 2.75) is 0 Å². The zero-order chi connectivity index (χ0) is 71.8. The Bertz CT molecular complexity index is 5950. The SMILES string of the molecule is Brc1cccc2c1B1c3ccccc3N(c3ccccc3)c3cccc-2c31.Clc1cccc2c1-c1cccc3c1B2c1ccccc1N3c1ccccc1.Fc1cccc2c1-c1cccc3c1B2c1ccccc1N3c1ccccc1.Fc1cccc2c1B1c3ccccc3N(c3ccccc3)c3cccc-2c31. The molecule has 0 unspecified atom stereocenters. The van der Waals surface area contributed by atoms with Gasteiger partial charge in [-0.1, -0.05) is 281 Å². The van der Waals surface area contributed by atoms with Crippen molar-refractivity contribution in [2.24, 2.45) is 0 Å². The highest BCUT2D eigenvalue weighted by Gasteiger charge is 2.48. The summed E-state index contributed by atoms with van der Waals surface area (Å²) in [6.45, 7) is 0.542. The molecule has 108 heavy (non-hydrogen) atoms. The van der Waals surface area contributed by atoms with Crippen molar-refractivity contribution in [2.75, 3.05) is 19.6 Å². The Hall–Kier alpha value is -12.4. The number of rotatable bonds is 4. The highest BCUT2D eigenvalue weighted by molar-refractivity contribution is 9.10. The summed E-state index contributed by atoms with van der Waals surface area (Å²) in [4.78, 5) is 9.39. The van der Waals surface area contributed by atoms with Crippen molar-refractivity contribution < 1.29 is 8.78 Å². The van der Waals surface area contributed by atoms with Crippen LogP contribution < -0.4 is 85.2 Å². The van der Waals surface area contributed by atoms with Crippen LogP contribution in [0.4, 0.5) is 77.0 Å². The van der Waals surface area contributed by atoms with Crippen LogP contribution in [0.1, 0.15) is 0 Å². The van der Waals surface area contributed by atoms with E-state index in [1.54, 1.807) is 12.1 Å². The average Bonchev–Trinajstić information content (AvgIpc) is 1.52. The van der Waals surface area contributed by atoms with Crippen molar-refractivity contribution >= 4 is 188 Å². The van der Waals surface area contributed by atoms with Crippen molar-refractivity contribution in [3.05, 3.63) is 385 Å². The zero-order valence-corrected chi connectivity index (χ0v) is 60.6. The molecule has 504 valence electrons. The minimum Gasteiger partial charge on any atom is -0.312 e. The number of hydrogen-bond donors (Lipinski definition) is 0. The molecule has 0 aliphatic carbocycles. The van der Waals surface area contributed by atoms with Crippen LogP contribution in [0.15, 0.2) is 368 Å². The van der Waals surface area contributed by atoms with Crippen molar-refractivity contribution in [3.8, 4) is 44.5 Å². The van der Waals surface area contributed by atoms with Gasteiger partial charge in [0.25, 0.3) is 6.71 Å². The van der Waals surface area contributed by atoms with Gasteiger partial charge in [-0.15, -0.1) is 0 Å². The van der Waals surface area contributed by atoms with Gasteiger partial charge >= 0.3 is 0 Å². The molecule has 0 bridgehead atoms. The maximum absolute atomic E-state index is 14.9. The predicted molar refractivity (Wildman–Crippen MR) is 457 cm³/mol. The fourth-order valence-electron chi connectivity index (χ4n) is 18.9. The lowest BCUT2D eigenvalue weighted by Crippen LogP contribution is -2.55. The van der Waals surface area contributed by atoms with E-state index < -0.39 is 0 Å². The normalized spacial score (nSPS) is 13.2. The van der Waals surface area contributed by atoms with E-state index in [1.165, 1.54) is 110 Å². The van der Waals surface area contributed by atoms with Crippen molar-refractivity contribution in [1.29, 1.82) is 0 Å². The van der Waals surface area contributed by atoms with Gasteiger partial charge in [0.1, 0.15) is 11.6 Å². The van der Waals surface area contributed by atoms with Gasteiger partial charge in [-0.25, -0.2) is 8.78 Å². The molecule has 0 amide bonds. The highest BCUT2D eigenvalue weighted by atomic mass is 79.9. The Balaban J connectivity index is 0.0000000919. The summed E-state index contributed by atoms with van der Waals surface area (Å²) in [5, 5.41) is 0.832. The Morgan fingerprint density at radius 1 is 0.213 bits per heavy atom. The van der Waals surface area contributed by atoms with Gasteiger partial charge in [0.05, 0.1) is 0 Å². The van der Waals surface area contributed by atoms with Crippen LogP contribution in [0.3, 0.4) is 0 Å². The summed E-state index contributed by atoms with van der Waals surface area (Å²) in [5.74, 6) is -0.262. The van der Waals surface area contributed by atoms with Gasteiger partial charge in [0, 0.05) is 83.3 Å². The summed E-state index contributed by atoms with van der Waals surface area (Å²) in [6.07, 6.45) is 0. The van der Waals surface area contributed by atoms with E-state index in [1.807, 2.05) is 42.5 Å². The molecule has 0 saturated heterocycles. The van der Waals surface area contributed by atoms with Crippen LogP contribution in [0.2, 0.25) is 5.02 Å². The number of benzene rings is 16. The number of nitrogens with zero attached hydrogens (tertiary/aromatic N) is 4. The van der Waals surface area contributed by atoms with Crippen LogP contribution in [0.5, 0.6) is 0 Å². The van der Waals surface area contributed by atoms with Crippen LogP contribution in [0, 0.1) is 11.6 Å². The molecule has 0 saturated carbocycles. The van der Waals surface area contributed by atoms with Crippen LogP contribution in [-0.2, 0) is 0 Å². The third kappa shape index (κ3) is 9.71. The molecule has 8 heterocycles. The standard InChI is InChI=1S/C24H15BBrN.C24H15BClN.2C24H15BFN/c26-20-13-6-10-17-18-11-7-15-22-24(18)25(23(17)20)19-12-4-5-14-21(19)27(22)16-8-2-1-3-9-16;26-20-13-7-12-19-23(20)17-10-6-15-22-24(17)25(19)18-11-4-5-14-21(18)27(22)16-8-2-1-3-9-16;26-20-13-6-10-17-18-11-7-15-22-24(18)25(23(17)20)19-12-4-5-14-21(19)27(22)16-8-2-1-3-9-16;26-20-13-7-12-19-23(20)17-10-6-15-22-24(17)25(19)18-11-4-5-14-21(18)27(22)16-8-2-1-3-9-16/h4*1-15H. The minimum atomic E-state index is -0.140. The molecule has 16 aromatic carbocycles. The molecule has 0 fully saturated rings. The monoisotopic (exact) mass is 1460 g/mol. The largest absolute Gasteiger partial charge is 0.312 e. The van der Waals surface area contributed by atoms with Gasteiger partial charge in [-0.2, -0.15) is 0 Å². The molecule has 0 spiro atoms. The number of hydrogen-bond acceptors (Lipinski definition) is 4. The fourth-order valence-corrected chi connectivity index (χ4v) is 19.8. The maximum atomic E-state index is 14.9. The van der Waals surface area contributed by atoms with Crippen molar-refractivity contribution in [1.82, 2.24) is 0 Å². The number of fused-ring (bicyclic) bond motifs is 20. The third-order valence-electron chi connectivity index (χ3n) is 23.0. The van der Waals surface area contributed by atoms with Gasteiger partial charge in [-0.3, -0.25) is 0 Å². The van der Waals surface area contributed by atoms with Gasteiger partial charge in [-0.05, 0) is 215 Å². The molecular formula is C96H60B4BrClF2N4. The van der Waals surface area contributed by atoms with Crippen LogP contribution in [-0.4, -0.2) is 26.9 Å². The van der Waals surface area contributed by atoms with E-state index in [-0.39, 0.29) is 38.5 Å². The molecule has 0 radical (unpaired) electrons. The Labute approximate surface area is 641 Å². The molecule has 8 aliphatic rings. The zero-order valence-electron chi connectivity index (χ0n) is 58.3.